The van der Waals surface area contributed by atoms with Crippen LogP contribution in [0.1, 0.15) is 17.8 Å². The molecule has 0 aliphatic rings. The van der Waals surface area contributed by atoms with Gasteiger partial charge in [-0.1, -0.05) is 6.07 Å². The van der Waals surface area contributed by atoms with Gasteiger partial charge in [0.25, 0.3) is 0 Å². The van der Waals surface area contributed by atoms with Gasteiger partial charge in [-0.3, -0.25) is 0 Å². The summed E-state index contributed by atoms with van der Waals surface area (Å²) in [6, 6.07) is 4.21. The van der Waals surface area contributed by atoms with Crippen LogP contribution in [0.3, 0.4) is 0 Å². The molecule has 0 bridgehead atoms. The lowest BCUT2D eigenvalue weighted by Gasteiger charge is -2.19. The summed E-state index contributed by atoms with van der Waals surface area (Å²) in [5.74, 6) is 0. The number of nitrogens with zero attached hydrogens (tertiary/aromatic N) is 3. The van der Waals surface area contributed by atoms with E-state index in [2.05, 4.69) is 16.1 Å². The summed E-state index contributed by atoms with van der Waals surface area (Å²) < 4.78 is 1.80. The van der Waals surface area contributed by atoms with Crippen LogP contribution in [0.4, 0.5) is 0 Å². The minimum absolute atomic E-state index is 0.0235. The molecule has 0 fully saturated rings. The summed E-state index contributed by atoms with van der Waals surface area (Å²) in [5.41, 5.74) is 5.94. The Hall–Kier alpha value is -1.20. The molecular formula is C9H12N4S. The second-order valence-electron chi connectivity index (χ2n) is 3.19. The fraction of sp³-hybridized carbons (Fsp3) is 0.333. The van der Waals surface area contributed by atoms with Gasteiger partial charge in [0.1, 0.15) is 18.7 Å². The van der Waals surface area contributed by atoms with E-state index in [1.165, 1.54) is 11.2 Å². The van der Waals surface area contributed by atoms with Crippen molar-refractivity contribution in [2.75, 3.05) is 0 Å². The fourth-order valence-electron chi connectivity index (χ4n) is 1.45. The van der Waals surface area contributed by atoms with Crippen LogP contribution >= 0.6 is 11.3 Å². The molecule has 0 saturated carbocycles. The van der Waals surface area contributed by atoms with E-state index in [-0.39, 0.29) is 12.1 Å². The Morgan fingerprint density at radius 3 is 2.93 bits per heavy atom. The van der Waals surface area contributed by atoms with Gasteiger partial charge in [0.15, 0.2) is 0 Å². The summed E-state index contributed by atoms with van der Waals surface area (Å²) in [7, 11) is 0. The standard InChI is InChI=1S/C9H12N4S/c1-7(10)9(8-3-2-4-14-8)13-6-11-5-12-13/h2-7,9H,10H2,1H3. The minimum atomic E-state index is 0.0235. The van der Waals surface area contributed by atoms with Gasteiger partial charge in [0.2, 0.25) is 0 Å². The largest absolute Gasteiger partial charge is 0.326 e. The first-order chi connectivity index (χ1) is 6.79. The molecule has 14 heavy (non-hydrogen) atoms. The van der Waals surface area contributed by atoms with E-state index < -0.39 is 0 Å². The Balaban J connectivity index is 2.35. The molecule has 4 nitrogen and oxygen atoms in total. The topological polar surface area (TPSA) is 56.7 Å². The van der Waals surface area contributed by atoms with Crippen molar-refractivity contribution in [1.82, 2.24) is 14.8 Å². The van der Waals surface area contributed by atoms with Gasteiger partial charge in [0.05, 0.1) is 0 Å². The minimum Gasteiger partial charge on any atom is -0.326 e. The van der Waals surface area contributed by atoms with Crippen LogP contribution in [0.15, 0.2) is 30.2 Å². The van der Waals surface area contributed by atoms with Crippen LogP contribution in [-0.4, -0.2) is 20.8 Å². The third kappa shape index (κ3) is 1.69. The van der Waals surface area contributed by atoms with Crippen LogP contribution < -0.4 is 5.73 Å². The molecule has 0 aliphatic carbocycles. The molecule has 0 saturated heterocycles. The molecule has 2 aromatic heterocycles. The predicted octanol–water partition coefficient (Wildman–Crippen LogP) is 1.28. The maximum atomic E-state index is 5.94. The number of nitrogens with two attached hydrogens (primary N) is 1. The van der Waals surface area contributed by atoms with E-state index in [0.29, 0.717) is 0 Å². The molecule has 74 valence electrons. The van der Waals surface area contributed by atoms with E-state index >= 15 is 0 Å². The molecule has 2 aromatic rings. The quantitative estimate of drug-likeness (QED) is 0.826. The highest BCUT2D eigenvalue weighted by Crippen LogP contribution is 2.24. The first-order valence-corrected chi connectivity index (χ1v) is 5.30. The highest BCUT2D eigenvalue weighted by atomic mass is 32.1. The molecule has 2 unspecified atom stereocenters. The van der Waals surface area contributed by atoms with Crippen molar-refractivity contribution in [3.05, 3.63) is 35.0 Å². The summed E-state index contributed by atoms with van der Waals surface area (Å²) in [4.78, 5) is 5.15. The molecule has 2 heterocycles. The third-order valence-corrected chi connectivity index (χ3v) is 3.00. The fourth-order valence-corrected chi connectivity index (χ4v) is 2.38. The Labute approximate surface area is 86.4 Å². The van der Waals surface area contributed by atoms with Gasteiger partial charge >= 0.3 is 0 Å². The molecule has 2 N–H and O–H groups in total. The molecule has 0 spiro atoms. The molecule has 0 aliphatic heterocycles. The first kappa shape index (κ1) is 9.36. The van der Waals surface area contributed by atoms with Crippen molar-refractivity contribution in [2.24, 2.45) is 5.73 Å². The Kier molecular flexibility index (Phi) is 2.60. The number of thiophene rings is 1. The van der Waals surface area contributed by atoms with Crippen LogP contribution in [0.2, 0.25) is 0 Å². The number of rotatable bonds is 3. The van der Waals surface area contributed by atoms with Gasteiger partial charge in [-0.05, 0) is 18.4 Å². The SMILES string of the molecule is CC(N)C(c1cccs1)n1cncn1. The van der Waals surface area contributed by atoms with Crippen LogP contribution in [0.5, 0.6) is 0 Å². The monoisotopic (exact) mass is 208 g/mol. The van der Waals surface area contributed by atoms with Gasteiger partial charge in [0, 0.05) is 10.9 Å². The van der Waals surface area contributed by atoms with Crippen molar-refractivity contribution in [3.63, 3.8) is 0 Å². The number of aromatic nitrogens is 3. The average molecular weight is 208 g/mol. The smallest absolute Gasteiger partial charge is 0.137 e. The highest BCUT2D eigenvalue weighted by molar-refractivity contribution is 7.10. The maximum absolute atomic E-state index is 5.94. The first-order valence-electron chi connectivity index (χ1n) is 4.42. The number of hydrogen-bond acceptors (Lipinski definition) is 4. The Morgan fingerprint density at radius 1 is 1.57 bits per heavy atom. The van der Waals surface area contributed by atoms with Crippen molar-refractivity contribution in [2.45, 2.75) is 19.0 Å². The average Bonchev–Trinajstić information content (AvgIpc) is 2.75. The lowest BCUT2D eigenvalue weighted by molar-refractivity contribution is 0.459. The van der Waals surface area contributed by atoms with E-state index in [1.807, 2.05) is 18.4 Å². The second kappa shape index (κ2) is 3.89. The highest BCUT2D eigenvalue weighted by Gasteiger charge is 2.19. The molecule has 0 radical (unpaired) electrons. The zero-order valence-electron chi connectivity index (χ0n) is 7.87. The van der Waals surface area contributed by atoms with Crippen molar-refractivity contribution < 1.29 is 0 Å². The molecular weight excluding hydrogens is 196 g/mol. The van der Waals surface area contributed by atoms with Crippen LogP contribution in [-0.2, 0) is 0 Å². The molecule has 2 rings (SSSR count). The third-order valence-electron chi connectivity index (χ3n) is 2.05. The Bertz CT molecular complexity index is 331. The van der Waals surface area contributed by atoms with Crippen molar-refractivity contribution in [1.29, 1.82) is 0 Å². The number of hydrogen-bond donors (Lipinski definition) is 1. The zero-order valence-corrected chi connectivity index (χ0v) is 8.69. The maximum Gasteiger partial charge on any atom is 0.137 e. The van der Waals surface area contributed by atoms with Gasteiger partial charge < -0.3 is 5.73 Å². The molecule has 2 atom stereocenters. The van der Waals surface area contributed by atoms with Crippen LogP contribution in [0.25, 0.3) is 0 Å². The van der Waals surface area contributed by atoms with Crippen LogP contribution in [0, 0.1) is 0 Å². The van der Waals surface area contributed by atoms with E-state index in [0.717, 1.165) is 0 Å². The zero-order chi connectivity index (χ0) is 9.97. The summed E-state index contributed by atoms with van der Waals surface area (Å²) in [5, 5.41) is 6.17. The van der Waals surface area contributed by atoms with Gasteiger partial charge in [-0.2, -0.15) is 5.10 Å². The molecule has 0 amide bonds. The second-order valence-corrected chi connectivity index (χ2v) is 4.17. The van der Waals surface area contributed by atoms with E-state index in [4.69, 9.17) is 5.73 Å². The Morgan fingerprint density at radius 2 is 2.43 bits per heavy atom. The van der Waals surface area contributed by atoms with Crippen molar-refractivity contribution >= 4 is 11.3 Å². The summed E-state index contributed by atoms with van der Waals surface area (Å²) in [6.07, 6.45) is 3.23. The molecule has 0 aromatic carbocycles. The predicted molar refractivity (Wildman–Crippen MR) is 56.1 cm³/mol. The molecule has 5 heteroatoms. The van der Waals surface area contributed by atoms with Crippen molar-refractivity contribution in [3.8, 4) is 0 Å². The lowest BCUT2D eigenvalue weighted by Crippen LogP contribution is -2.29. The lowest BCUT2D eigenvalue weighted by atomic mass is 10.1. The normalized spacial score (nSPS) is 15.3. The summed E-state index contributed by atoms with van der Waals surface area (Å²) >= 11 is 1.69. The van der Waals surface area contributed by atoms with E-state index in [9.17, 15) is 0 Å². The van der Waals surface area contributed by atoms with Gasteiger partial charge in [-0.15, -0.1) is 11.3 Å². The van der Waals surface area contributed by atoms with E-state index in [1.54, 1.807) is 22.3 Å². The van der Waals surface area contributed by atoms with Gasteiger partial charge in [-0.25, -0.2) is 9.67 Å². The summed E-state index contributed by atoms with van der Waals surface area (Å²) in [6.45, 7) is 1.98.